The molecule has 1 amide bonds. The fraction of sp³-hybridized carbons (Fsp3) is 0.0909. The lowest BCUT2D eigenvalue weighted by Crippen LogP contribution is -2.12. The van der Waals surface area contributed by atoms with Crippen molar-refractivity contribution < 1.29 is 4.79 Å². The largest absolute Gasteiger partial charge is 0.397 e. The van der Waals surface area contributed by atoms with Crippen LogP contribution in [0.3, 0.4) is 0 Å². The van der Waals surface area contributed by atoms with Crippen LogP contribution in [0.5, 0.6) is 0 Å². The van der Waals surface area contributed by atoms with E-state index in [0.29, 0.717) is 23.5 Å². The molecule has 0 radical (unpaired) electrons. The van der Waals surface area contributed by atoms with Gasteiger partial charge in [-0.2, -0.15) is 0 Å². The highest BCUT2D eigenvalue weighted by Crippen LogP contribution is 2.20. The summed E-state index contributed by atoms with van der Waals surface area (Å²) in [7, 11) is 0. The quantitative estimate of drug-likeness (QED) is 0.713. The summed E-state index contributed by atoms with van der Waals surface area (Å²) in [6.07, 6.45) is 1.74. The van der Waals surface area contributed by atoms with Crippen molar-refractivity contribution in [3.8, 4) is 0 Å². The van der Waals surface area contributed by atoms with E-state index >= 15 is 0 Å². The maximum absolute atomic E-state index is 11.0. The number of amides is 1. The molecule has 1 aromatic heterocycles. The van der Waals surface area contributed by atoms with E-state index in [9.17, 15) is 4.79 Å². The number of anilines is 2. The van der Waals surface area contributed by atoms with Crippen LogP contribution in [0.4, 0.5) is 11.4 Å². The number of thiazole rings is 1. The summed E-state index contributed by atoms with van der Waals surface area (Å²) < 4.78 is 0. The van der Waals surface area contributed by atoms with Crippen LogP contribution in [0.2, 0.25) is 0 Å². The Morgan fingerprint density at radius 2 is 2.29 bits per heavy atom. The Balaban J connectivity index is 2.14. The molecule has 0 aliphatic heterocycles. The third kappa shape index (κ3) is 2.73. The Bertz CT molecular complexity index is 524. The molecule has 0 fully saturated rings. The molecule has 0 saturated heterocycles. The average molecular weight is 248 g/mol. The molecule has 17 heavy (non-hydrogen) atoms. The molecule has 6 heteroatoms. The van der Waals surface area contributed by atoms with E-state index in [4.69, 9.17) is 11.5 Å². The number of nitrogens with one attached hydrogen (secondary N) is 1. The van der Waals surface area contributed by atoms with Gasteiger partial charge >= 0.3 is 0 Å². The predicted octanol–water partition coefficient (Wildman–Crippen LogP) is 1.44. The minimum Gasteiger partial charge on any atom is -0.397 e. The predicted molar refractivity (Wildman–Crippen MR) is 68.8 cm³/mol. The van der Waals surface area contributed by atoms with Crippen LogP contribution in [0.15, 0.2) is 29.8 Å². The van der Waals surface area contributed by atoms with Crippen molar-refractivity contribution in [2.24, 2.45) is 5.73 Å². The lowest BCUT2D eigenvalue weighted by Gasteiger charge is -2.08. The molecular formula is C11H12N4OS. The van der Waals surface area contributed by atoms with Crippen LogP contribution in [0, 0.1) is 0 Å². The second-order valence-corrected chi connectivity index (χ2v) is 4.42. The zero-order chi connectivity index (χ0) is 12.3. The maximum Gasteiger partial charge on any atom is 0.248 e. The molecule has 1 heterocycles. The molecule has 88 valence electrons. The summed E-state index contributed by atoms with van der Waals surface area (Å²) in [6, 6.07) is 4.90. The van der Waals surface area contributed by atoms with Crippen molar-refractivity contribution in [3.63, 3.8) is 0 Å². The summed E-state index contributed by atoms with van der Waals surface area (Å²) >= 11 is 1.55. The van der Waals surface area contributed by atoms with Crippen molar-refractivity contribution in [1.82, 2.24) is 4.98 Å². The van der Waals surface area contributed by atoms with Gasteiger partial charge in [-0.1, -0.05) is 0 Å². The molecule has 0 bridgehead atoms. The second-order valence-electron chi connectivity index (χ2n) is 3.45. The van der Waals surface area contributed by atoms with E-state index in [-0.39, 0.29) is 0 Å². The molecule has 0 aliphatic carbocycles. The Morgan fingerprint density at radius 3 is 2.94 bits per heavy atom. The smallest absolute Gasteiger partial charge is 0.248 e. The first-order valence-electron chi connectivity index (χ1n) is 4.98. The van der Waals surface area contributed by atoms with E-state index < -0.39 is 5.91 Å². The first-order valence-corrected chi connectivity index (χ1v) is 5.86. The van der Waals surface area contributed by atoms with Gasteiger partial charge in [0.05, 0.1) is 17.9 Å². The fourth-order valence-corrected chi connectivity index (χ4v) is 1.93. The Kier molecular flexibility index (Phi) is 3.24. The topological polar surface area (TPSA) is 94.0 Å². The molecule has 0 atom stereocenters. The van der Waals surface area contributed by atoms with Crippen LogP contribution >= 0.6 is 11.3 Å². The van der Waals surface area contributed by atoms with Gasteiger partial charge in [0, 0.05) is 17.1 Å². The number of nitrogens with two attached hydrogens (primary N) is 2. The molecule has 1 aromatic carbocycles. The van der Waals surface area contributed by atoms with Gasteiger partial charge in [0.1, 0.15) is 5.01 Å². The molecular weight excluding hydrogens is 236 g/mol. The third-order valence-corrected chi connectivity index (χ3v) is 3.03. The van der Waals surface area contributed by atoms with Crippen LogP contribution in [0.1, 0.15) is 15.4 Å². The Labute approximate surface area is 102 Å². The van der Waals surface area contributed by atoms with Crippen molar-refractivity contribution in [3.05, 3.63) is 40.3 Å². The lowest BCUT2D eigenvalue weighted by molar-refractivity contribution is 0.100. The number of hydrogen-bond acceptors (Lipinski definition) is 5. The number of aromatic nitrogens is 1. The van der Waals surface area contributed by atoms with E-state index in [0.717, 1.165) is 5.01 Å². The average Bonchev–Trinajstić information content (AvgIpc) is 2.80. The van der Waals surface area contributed by atoms with E-state index in [2.05, 4.69) is 10.3 Å². The number of nitrogen functional groups attached to an aromatic ring is 1. The second kappa shape index (κ2) is 4.84. The Morgan fingerprint density at radius 1 is 1.47 bits per heavy atom. The minimum atomic E-state index is -0.470. The zero-order valence-corrected chi connectivity index (χ0v) is 9.83. The SMILES string of the molecule is NC(=O)c1ccc(N)c(NCc2nccs2)c1. The van der Waals surface area contributed by atoms with Gasteiger partial charge in [0.15, 0.2) is 0 Å². The number of nitrogens with zero attached hydrogens (tertiary/aromatic N) is 1. The number of benzene rings is 1. The van der Waals surface area contributed by atoms with Gasteiger partial charge in [0.2, 0.25) is 5.91 Å². The fourth-order valence-electron chi connectivity index (χ4n) is 1.37. The summed E-state index contributed by atoms with van der Waals surface area (Å²) in [5, 5.41) is 5.98. The monoisotopic (exact) mass is 248 g/mol. The summed E-state index contributed by atoms with van der Waals surface area (Å²) in [5.41, 5.74) is 12.7. The van der Waals surface area contributed by atoms with Crippen molar-refractivity contribution in [1.29, 1.82) is 0 Å². The highest BCUT2D eigenvalue weighted by atomic mass is 32.1. The molecule has 0 spiro atoms. The minimum absolute atomic E-state index is 0.431. The van der Waals surface area contributed by atoms with Crippen molar-refractivity contribution in [2.45, 2.75) is 6.54 Å². The molecule has 0 saturated carbocycles. The standard InChI is InChI=1S/C11H12N4OS/c12-8-2-1-7(11(13)16)5-9(8)15-6-10-14-3-4-17-10/h1-5,15H,6,12H2,(H2,13,16). The number of carbonyl (C=O) groups is 1. The van der Waals surface area contributed by atoms with Crippen LogP contribution in [-0.4, -0.2) is 10.9 Å². The van der Waals surface area contributed by atoms with Gasteiger partial charge in [0.25, 0.3) is 0 Å². The van der Waals surface area contributed by atoms with Gasteiger partial charge in [-0.25, -0.2) is 4.98 Å². The van der Waals surface area contributed by atoms with Gasteiger partial charge in [-0.3, -0.25) is 4.79 Å². The third-order valence-electron chi connectivity index (χ3n) is 2.25. The van der Waals surface area contributed by atoms with Crippen LogP contribution in [-0.2, 0) is 6.54 Å². The normalized spacial score (nSPS) is 10.1. The van der Waals surface area contributed by atoms with Crippen molar-refractivity contribution >= 4 is 28.6 Å². The number of hydrogen-bond donors (Lipinski definition) is 3. The summed E-state index contributed by atoms with van der Waals surface area (Å²) in [4.78, 5) is 15.2. The van der Waals surface area contributed by atoms with E-state index in [1.54, 1.807) is 35.7 Å². The van der Waals surface area contributed by atoms with Crippen LogP contribution in [0.25, 0.3) is 0 Å². The highest BCUT2D eigenvalue weighted by Gasteiger charge is 2.05. The first kappa shape index (κ1) is 11.4. The van der Waals surface area contributed by atoms with Gasteiger partial charge < -0.3 is 16.8 Å². The van der Waals surface area contributed by atoms with Gasteiger partial charge in [-0.15, -0.1) is 11.3 Å². The molecule has 2 aromatic rings. The number of rotatable bonds is 4. The molecule has 5 N–H and O–H groups in total. The molecule has 5 nitrogen and oxygen atoms in total. The highest BCUT2D eigenvalue weighted by molar-refractivity contribution is 7.09. The number of primary amides is 1. The van der Waals surface area contributed by atoms with E-state index in [1.165, 1.54) is 0 Å². The maximum atomic E-state index is 11.0. The summed E-state index contributed by atoms with van der Waals surface area (Å²) in [5.74, 6) is -0.470. The summed E-state index contributed by atoms with van der Waals surface area (Å²) in [6.45, 7) is 0.573. The number of carbonyl (C=O) groups excluding carboxylic acids is 1. The van der Waals surface area contributed by atoms with Crippen molar-refractivity contribution in [2.75, 3.05) is 11.1 Å². The van der Waals surface area contributed by atoms with E-state index in [1.807, 2.05) is 5.38 Å². The zero-order valence-electron chi connectivity index (χ0n) is 9.01. The van der Waals surface area contributed by atoms with Gasteiger partial charge in [-0.05, 0) is 18.2 Å². The molecule has 0 aliphatic rings. The Hall–Kier alpha value is -2.08. The molecule has 2 rings (SSSR count). The molecule has 0 unspecified atom stereocenters. The van der Waals surface area contributed by atoms with Crippen LogP contribution < -0.4 is 16.8 Å². The lowest BCUT2D eigenvalue weighted by atomic mass is 10.1. The first-order chi connectivity index (χ1) is 8.16.